The van der Waals surface area contributed by atoms with Crippen molar-refractivity contribution in [1.82, 2.24) is 5.32 Å². The minimum Gasteiger partial charge on any atom is -0.466 e. The lowest BCUT2D eigenvalue weighted by molar-refractivity contribution is -0.143. The molecule has 0 aliphatic rings. The number of rotatable bonds is 56. The molecule has 0 saturated heterocycles. The van der Waals surface area contributed by atoms with E-state index in [1.54, 1.807) is 0 Å². The molecule has 3 N–H and O–H groups in total. The second-order valence-corrected chi connectivity index (χ2v) is 20.7. The first-order chi connectivity index (χ1) is 33.0. The Hall–Kier alpha value is -1.66. The Morgan fingerprint density at radius 1 is 0.418 bits per heavy atom. The van der Waals surface area contributed by atoms with Crippen molar-refractivity contribution >= 4 is 11.9 Å². The molecule has 0 radical (unpaired) electrons. The lowest BCUT2D eigenvalue weighted by atomic mass is 10.0. The van der Waals surface area contributed by atoms with E-state index in [2.05, 4.69) is 43.5 Å². The summed E-state index contributed by atoms with van der Waals surface area (Å²) in [6.45, 7) is 4.93. The first-order valence-corrected chi connectivity index (χ1v) is 30.1. The molecule has 0 spiro atoms. The normalized spacial score (nSPS) is 12.7. The van der Waals surface area contributed by atoms with Crippen LogP contribution in [-0.4, -0.2) is 47.4 Å². The largest absolute Gasteiger partial charge is 0.466 e. The monoisotopic (exact) mass is 944 g/mol. The third kappa shape index (κ3) is 53.5. The second kappa shape index (κ2) is 56.9. The molecule has 0 saturated carbocycles. The van der Waals surface area contributed by atoms with Crippen molar-refractivity contribution in [3.05, 3.63) is 24.3 Å². The molecule has 0 aromatic rings. The zero-order valence-corrected chi connectivity index (χ0v) is 45.1. The molecule has 2 unspecified atom stereocenters. The van der Waals surface area contributed by atoms with Crippen molar-refractivity contribution in [3.63, 3.8) is 0 Å². The van der Waals surface area contributed by atoms with Gasteiger partial charge in [-0.05, 0) is 57.8 Å². The van der Waals surface area contributed by atoms with E-state index < -0.39 is 12.1 Å². The number of amides is 1. The lowest BCUT2D eigenvalue weighted by Crippen LogP contribution is -2.45. The van der Waals surface area contributed by atoms with Gasteiger partial charge in [0.1, 0.15) is 0 Å². The molecule has 0 fully saturated rings. The summed E-state index contributed by atoms with van der Waals surface area (Å²) in [6, 6.07) is -0.544. The first-order valence-electron chi connectivity index (χ1n) is 30.1. The molecule has 1 amide bonds. The van der Waals surface area contributed by atoms with Gasteiger partial charge >= 0.3 is 5.97 Å². The van der Waals surface area contributed by atoms with E-state index in [1.165, 1.54) is 244 Å². The SMILES string of the molecule is CCCCC/C=C\C/C=C\CCCCCCCCCC(=O)OCCCCCCCCCCCCCCCCCCCCC(=O)NC(CO)C(O)CCCCCCCCCCCCCCCCC. The number of aliphatic hydroxyl groups excluding tert-OH is 2. The van der Waals surface area contributed by atoms with Crippen LogP contribution in [0.2, 0.25) is 0 Å². The Morgan fingerprint density at radius 2 is 0.746 bits per heavy atom. The topological polar surface area (TPSA) is 95.9 Å². The summed E-state index contributed by atoms with van der Waals surface area (Å²) in [6.07, 6.45) is 68.8. The number of hydrogen-bond donors (Lipinski definition) is 3. The minimum absolute atomic E-state index is 0.0000144. The molecule has 0 aromatic heterocycles. The summed E-state index contributed by atoms with van der Waals surface area (Å²) in [5.74, 6) is -0.0374. The van der Waals surface area contributed by atoms with Crippen LogP contribution in [0.5, 0.6) is 0 Å². The molecular formula is C61H117NO5. The molecule has 0 aliphatic carbocycles. The average Bonchev–Trinajstić information content (AvgIpc) is 3.33. The highest BCUT2D eigenvalue weighted by Gasteiger charge is 2.20. The number of unbranched alkanes of at least 4 members (excludes halogenated alkanes) is 41. The van der Waals surface area contributed by atoms with Gasteiger partial charge in [0.25, 0.3) is 0 Å². The van der Waals surface area contributed by atoms with Gasteiger partial charge in [0, 0.05) is 12.8 Å². The van der Waals surface area contributed by atoms with Gasteiger partial charge in [-0.2, -0.15) is 0 Å². The first kappa shape index (κ1) is 65.3. The van der Waals surface area contributed by atoms with Crippen LogP contribution in [0, 0.1) is 0 Å². The van der Waals surface area contributed by atoms with Gasteiger partial charge in [0.15, 0.2) is 0 Å². The smallest absolute Gasteiger partial charge is 0.305 e. The molecule has 2 atom stereocenters. The van der Waals surface area contributed by atoms with Crippen LogP contribution < -0.4 is 5.32 Å². The van der Waals surface area contributed by atoms with Crippen LogP contribution in [0.15, 0.2) is 24.3 Å². The highest BCUT2D eigenvalue weighted by molar-refractivity contribution is 5.76. The maximum atomic E-state index is 12.5. The van der Waals surface area contributed by atoms with E-state index in [1.807, 2.05) is 0 Å². The van der Waals surface area contributed by atoms with Gasteiger partial charge in [-0.25, -0.2) is 0 Å². The Morgan fingerprint density at radius 3 is 1.16 bits per heavy atom. The van der Waals surface area contributed by atoms with Gasteiger partial charge in [0.2, 0.25) is 5.91 Å². The molecule has 0 aromatic carbocycles. The molecule has 0 rings (SSSR count). The summed E-state index contributed by atoms with van der Waals surface area (Å²) in [5, 5.41) is 23.3. The molecule has 67 heavy (non-hydrogen) atoms. The van der Waals surface area contributed by atoms with E-state index in [4.69, 9.17) is 4.74 Å². The summed E-state index contributed by atoms with van der Waals surface area (Å²) in [5.41, 5.74) is 0. The van der Waals surface area contributed by atoms with Crippen molar-refractivity contribution in [2.24, 2.45) is 0 Å². The van der Waals surface area contributed by atoms with Crippen LogP contribution in [-0.2, 0) is 14.3 Å². The van der Waals surface area contributed by atoms with E-state index in [-0.39, 0.29) is 18.5 Å². The summed E-state index contributed by atoms with van der Waals surface area (Å²) < 4.78 is 5.48. The number of esters is 1. The Labute approximate surface area is 418 Å². The molecule has 396 valence electrons. The molecule has 0 aliphatic heterocycles. The van der Waals surface area contributed by atoms with Crippen LogP contribution in [0.4, 0.5) is 0 Å². The highest BCUT2D eigenvalue weighted by atomic mass is 16.5. The Kier molecular flexibility index (Phi) is 55.5. The number of carbonyl (C=O) groups excluding carboxylic acids is 2. The van der Waals surface area contributed by atoms with Crippen LogP contribution >= 0.6 is 0 Å². The number of hydrogen-bond acceptors (Lipinski definition) is 5. The Bertz CT molecular complexity index is 1040. The van der Waals surface area contributed by atoms with Crippen molar-refractivity contribution in [3.8, 4) is 0 Å². The third-order valence-electron chi connectivity index (χ3n) is 14.0. The Balaban J connectivity index is 3.40. The number of carbonyl (C=O) groups is 2. The van der Waals surface area contributed by atoms with Gasteiger partial charge in [-0.3, -0.25) is 9.59 Å². The lowest BCUT2D eigenvalue weighted by Gasteiger charge is -2.22. The van der Waals surface area contributed by atoms with Crippen molar-refractivity contribution in [2.45, 2.75) is 341 Å². The van der Waals surface area contributed by atoms with Gasteiger partial charge < -0.3 is 20.3 Å². The predicted octanol–water partition coefficient (Wildman–Crippen LogP) is 18.6. The van der Waals surface area contributed by atoms with Crippen LogP contribution in [0.1, 0.15) is 328 Å². The molecule has 6 heteroatoms. The van der Waals surface area contributed by atoms with Crippen molar-refractivity contribution in [2.75, 3.05) is 13.2 Å². The predicted molar refractivity (Wildman–Crippen MR) is 292 cm³/mol. The number of aliphatic hydroxyl groups is 2. The number of allylic oxidation sites excluding steroid dienone is 4. The molecule has 0 heterocycles. The molecular weight excluding hydrogens is 827 g/mol. The summed E-state index contributed by atoms with van der Waals surface area (Å²) in [7, 11) is 0. The quantitative estimate of drug-likeness (QED) is 0.0321. The van der Waals surface area contributed by atoms with Gasteiger partial charge in [-0.1, -0.05) is 282 Å². The fourth-order valence-electron chi connectivity index (χ4n) is 9.38. The fraction of sp³-hybridized carbons (Fsp3) is 0.902. The van der Waals surface area contributed by atoms with Gasteiger partial charge in [0.05, 0.1) is 25.4 Å². The zero-order valence-electron chi connectivity index (χ0n) is 45.1. The van der Waals surface area contributed by atoms with Gasteiger partial charge in [-0.15, -0.1) is 0 Å². The van der Waals surface area contributed by atoms with E-state index >= 15 is 0 Å². The van der Waals surface area contributed by atoms with E-state index in [0.717, 1.165) is 51.4 Å². The number of nitrogens with one attached hydrogen (secondary N) is 1. The summed E-state index contributed by atoms with van der Waals surface area (Å²) in [4.78, 5) is 24.6. The van der Waals surface area contributed by atoms with Crippen molar-refractivity contribution < 1.29 is 24.5 Å². The second-order valence-electron chi connectivity index (χ2n) is 20.7. The average molecular weight is 945 g/mol. The minimum atomic E-state index is -0.667. The number of ether oxygens (including phenoxy) is 1. The highest BCUT2D eigenvalue weighted by Crippen LogP contribution is 2.18. The van der Waals surface area contributed by atoms with Crippen LogP contribution in [0.25, 0.3) is 0 Å². The van der Waals surface area contributed by atoms with Crippen molar-refractivity contribution in [1.29, 1.82) is 0 Å². The fourth-order valence-corrected chi connectivity index (χ4v) is 9.38. The third-order valence-corrected chi connectivity index (χ3v) is 14.0. The molecule has 0 bridgehead atoms. The van der Waals surface area contributed by atoms with E-state index in [9.17, 15) is 19.8 Å². The maximum absolute atomic E-state index is 12.5. The van der Waals surface area contributed by atoms with E-state index in [0.29, 0.717) is 25.9 Å². The van der Waals surface area contributed by atoms with Crippen LogP contribution in [0.3, 0.4) is 0 Å². The standard InChI is InChI=1S/C61H117NO5/c1-3-5-7-9-11-13-15-17-19-22-27-31-35-39-43-47-51-55-61(66)67-56-52-48-44-40-36-32-28-24-21-20-23-26-30-34-38-42-46-50-54-60(65)62-58(57-63)59(64)53-49-45-41-37-33-29-25-18-16-14-12-10-8-6-4-2/h11,13,17,19,58-59,63-64H,3-10,12,14-16,18,20-57H2,1-2H3,(H,62,65)/b13-11-,19-17-. The maximum Gasteiger partial charge on any atom is 0.305 e. The zero-order chi connectivity index (χ0) is 48.6. The molecule has 6 nitrogen and oxygen atoms in total. The summed E-state index contributed by atoms with van der Waals surface area (Å²) >= 11 is 0.